The molecule has 1 aliphatic rings. The Hall–Kier alpha value is -2.90. The third-order valence-corrected chi connectivity index (χ3v) is 5.53. The summed E-state index contributed by atoms with van der Waals surface area (Å²) in [6.45, 7) is 3.28. The Morgan fingerprint density at radius 1 is 1.24 bits per heavy atom. The van der Waals surface area contributed by atoms with Crippen LogP contribution in [0.3, 0.4) is 0 Å². The lowest BCUT2D eigenvalue weighted by atomic mass is 10.1. The molecule has 176 valence electrons. The number of hydrogen-bond acceptors (Lipinski definition) is 9. The van der Waals surface area contributed by atoms with Crippen molar-refractivity contribution in [2.45, 2.75) is 44.6 Å². The molecule has 1 saturated carbocycles. The lowest BCUT2D eigenvalue weighted by Gasteiger charge is -2.20. The summed E-state index contributed by atoms with van der Waals surface area (Å²) in [5.74, 6) is 5.40. The molecule has 0 unspecified atom stereocenters. The van der Waals surface area contributed by atoms with Crippen LogP contribution in [0.25, 0.3) is 0 Å². The van der Waals surface area contributed by atoms with Gasteiger partial charge in [0.15, 0.2) is 5.15 Å². The van der Waals surface area contributed by atoms with Gasteiger partial charge in [-0.15, -0.1) is 0 Å². The second kappa shape index (κ2) is 10.8. The molecule has 4 atom stereocenters. The van der Waals surface area contributed by atoms with Gasteiger partial charge in [-0.3, -0.25) is 0 Å². The number of aliphatic hydroxyl groups excluding tert-OH is 3. The van der Waals surface area contributed by atoms with E-state index in [0.717, 1.165) is 0 Å². The molecule has 2 aromatic rings. The van der Waals surface area contributed by atoms with E-state index in [0.29, 0.717) is 17.5 Å². The molecule has 0 spiro atoms. The molecule has 0 amide bonds. The number of nitrogens with zero attached hydrogens (tertiary/aromatic N) is 2. The molecule has 1 aliphatic carbocycles. The third kappa shape index (κ3) is 5.72. The molecule has 3 rings (SSSR count). The van der Waals surface area contributed by atoms with Gasteiger partial charge >= 0.3 is 5.97 Å². The minimum Gasteiger partial charge on any atom is -0.459 e. The van der Waals surface area contributed by atoms with E-state index in [1.54, 1.807) is 45.2 Å². The van der Waals surface area contributed by atoms with Crippen LogP contribution in [0.4, 0.5) is 11.8 Å². The molecule has 10 heteroatoms. The van der Waals surface area contributed by atoms with Gasteiger partial charge in [0.05, 0.1) is 23.8 Å². The van der Waals surface area contributed by atoms with Crippen LogP contribution in [0.5, 0.6) is 0 Å². The highest BCUT2D eigenvalue weighted by molar-refractivity contribution is 6.31. The van der Waals surface area contributed by atoms with Crippen LogP contribution >= 0.6 is 11.6 Å². The van der Waals surface area contributed by atoms with E-state index in [9.17, 15) is 20.1 Å². The van der Waals surface area contributed by atoms with Crippen molar-refractivity contribution < 1.29 is 24.9 Å². The van der Waals surface area contributed by atoms with Crippen molar-refractivity contribution in [2.75, 3.05) is 24.3 Å². The molecule has 1 fully saturated rings. The van der Waals surface area contributed by atoms with Crippen molar-refractivity contribution in [3.63, 3.8) is 0 Å². The molecule has 1 aromatic heterocycles. The van der Waals surface area contributed by atoms with Crippen molar-refractivity contribution in [3.8, 4) is 11.8 Å². The Labute approximate surface area is 197 Å². The van der Waals surface area contributed by atoms with Crippen LogP contribution < -0.4 is 10.6 Å². The van der Waals surface area contributed by atoms with Crippen LogP contribution in [-0.2, 0) is 4.74 Å². The molecule has 0 bridgehead atoms. The number of esters is 1. The summed E-state index contributed by atoms with van der Waals surface area (Å²) >= 11 is 6.38. The molecule has 1 heterocycles. The molecular weight excluding hydrogens is 448 g/mol. The zero-order valence-corrected chi connectivity index (χ0v) is 19.3. The fourth-order valence-electron chi connectivity index (χ4n) is 3.56. The summed E-state index contributed by atoms with van der Waals surface area (Å²) in [6, 6.07) is 6.21. The summed E-state index contributed by atoms with van der Waals surface area (Å²) in [5.41, 5.74) is 1.02. The number of anilines is 2. The second-order valence-electron chi connectivity index (χ2n) is 7.97. The smallest absolute Gasteiger partial charge is 0.339 e. The standard InChI is InChI=1S/C23H27ClN4O5/c1-12(2)33-22(32)15-7-5-4-6-13(15)8-9-16-20(24)27-23(25-3)28-21(16)26-17-10-14(11-29)18(30)19(17)31/h4-7,12,14,17-19,29-31H,10-11H2,1-3H3,(H2,25,26,27,28)/t14-,17-,18-,19+/m1/s1. The molecule has 0 saturated heterocycles. The largest absolute Gasteiger partial charge is 0.459 e. The first kappa shape index (κ1) is 24.7. The Kier molecular flexibility index (Phi) is 8.10. The predicted octanol–water partition coefficient (Wildman–Crippen LogP) is 1.65. The zero-order valence-electron chi connectivity index (χ0n) is 18.5. The van der Waals surface area contributed by atoms with Crippen LogP contribution in [0.1, 0.15) is 41.8 Å². The Bertz CT molecular complexity index is 1070. The van der Waals surface area contributed by atoms with Gasteiger partial charge in [0, 0.05) is 25.1 Å². The van der Waals surface area contributed by atoms with Gasteiger partial charge in [-0.05, 0) is 32.4 Å². The number of carbonyl (C=O) groups is 1. The van der Waals surface area contributed by atoms with E-state index in [-0.39, 0.29) is 35.2 Å². The Morgan fingerprint density at radius 3 is 2.61 bits per heavy atom. The normalized spacial score (nSPS) is 21.9. The number of benzene rings is 1. The molecule has 5 N–H and O–H groups in total. The highest BCUT2D eigenvalue weighted by Crippen LogP contribution is 2.31. The van der Waals surface area contributed by atoms with E-state index >= 15 is 0 Å². The number of hydrogen-bond donors (Lipinski definition) is 5. The van der Waals surface area contributed by atoms with Crippen molar-refractivity contribution in [2.24, 2.45) is 5.92 Å². The lowest BCUT2D eigenvalue weighted by Crippen LogP contribution is -2.35. The van der Waals surface area contributed by atoms with Crippen molar-refractivity contribution in [1.82, 2.24) is 9.97 Å². The fourth-order valence-corrected chi connectivity index (χ4v) is 3.78. The first-order valence-corrected chi connectivity index (χ1v) is 10.9. The number of ether oxygens (including phenoxy) is 1. The maximum Gasteiger partial charge on any atom is 0.339 e. The summed E-state index contributed by atoms with van der Waals surface area (Å²) in [5, 5.41) is 35.9. The lowest BCUT2D eigenvalue weighted by molar-refractivity contribution is 0.00445. The monoisotopic (exact) mass is 474 g/mol. The maximum absolute atomic E-state index is 12.4. The molecule has 33 heavy (non-hydrogen) atoms. The number of carbonyl (C=O) groups excluding carboxylic acids is 1. The highest BCUT2D eigenvalue weighted by Gasteiger charge is 2.41. The van der Waals surface area contributed by atoms with E-state index in [1.165, 1.54) is 0 Å². The molecule has 1 aromatic carbocycles. The van der Waals surface area contributed by atoms with E-state index < -0.39 is 30.1 Å². The van der Waals surface area contributed by atoms with Gasteiger partial charge < -0.3 is 30.7 Å². The third-order valence-electron chi connectivity index (χ3n) is 5.26. The summed E-state index contributed by atoms with van der Waals surface area (Å²) in [6.07, 6.45) is -2.13. The summed E-state index contributed by atoms with van der Waals surface area (Å²) in [4.78, 5) is 21.0. The van der Waals surface area contributed by atoms with Gasteiger partial charge in [-0.25, -0.2) is 4.79 Å². The Morgan fingerprint density at radius 2 is 1.97 bits per heavy atom. The van der Waals surface area contributed by atoms with Crippen LogP contribution in [0, 0.1) is 17.8 Å². The summed E-state index contributed by atoms with van der Waals surface area (Å²) < 4.78 is 5.29. The van der Waals surface area contributed by atoms with Gasteiger partial charge in [0.2, 0.25) is 5.95 Å². The van der Waals surface area contributed by atoms with E-state index in [2.05, 4.69) is 32.4 Å². The average molecular weight is 475 g/mol. The maximum atomic E-state index is 12.4. The fraction of sp³-hybridized carbons (Fsp3) is 0.435. The number of aromatic nitrogens is 2. The van der Waals surface area contributed by atoms with Crippen molar-refractivity contribution in [3.05, 3.63) is 46.1 Å². The van der Waals surface area contributed by atoms with Crippen molar-refractivity contribution >= 4 is 29.3 Å². The quantitative estimate of drug-likeness (QED) is 0.240. The number of aliphatic hydroxyl groups is 3. The van der Waals surface area contributed by atoms with E-state index in [1.807, 2.05) is 0 Å². The number of rotatable bonds is 6. The topological polar surface area (TPSA) is 137 Å². The molecule has 9 nitrogen and oxygen atoms in total. The number of nitrogens with one attached hydrogen (secondary N) is 2. The van der Waals surface area contributed by atoms with Crippen molar-refractivity contribution in [1.29, 1.82) is 0 Å². The van der Waals surface area contributed by atoms with E-state index in [4.69, 9.17) is 16.3 Å². The predicted molar refractivity (Wildman–Crippen MR) is 124 cm³/mol. The van der Waals surface area contributed by atoms with Gasteiger partial charge in [0.25, 0.3) is 0 Å². The minimum atomic E-state index is -1.11. The first-order valence-electron chi connectivity index (χ1n) is 10.6. The first-order chi connectivity index (χ1) is 15.7. The van der Waals surface area contributed by atoms with Crippen LogP contribution in [0.2, 0.25) is 5.15 Å². The van der Waals surface area contributed by atoms with Gasteiger partial charge in [-0.1, -0.05) is 35.6 Å². The Balaban J connectivity index is 1.98. The average Bonchev–Trinajstić information content (AvgIpc) is 3.05. The van der Waals surface area contributed by atoms with Crippen LogP contribution in [0.15, 0.2) is 24.3 Å². The SMILES string of the molecule is CNc1nc(Cl)c(C#Cc2ccccc2C(=O)OC(C)C)c(N[C@@H]2C[C@H](CO)[C@@H](O)[C@H]2O)n1. The van der Waals surface area contributed by atoms with Crippen LogP contribution in [-0.4, -0.2) is 69.3 Å². The van der Waals surface area contributed by atoms with Gasteiger partial charge in [-0.2, -0.15) is 9.97 Å². The second-order valence-corrected chi connectivity index (χ2v) is 8.33. The zero-order chi connectivity index (χ0) is 24.1. The van der Waals surface area contributed by atoms with Gasteiger partial charge in [0.1, 0.15) is 17.5 Å². The highest BCUT2D eigenvalue weighted by atomic mass is 35.5. The molecular formula is C23H27ClN4O5. The molecule has 0 aliphatic heterocycles. The minimum absolute atomic E-state index is 0.0679. The summed E-state index contributed by atoms with van der Waals surface area (Å²) in [7, 11) is 1.63. The number of halogens is 1. The molecule has 0 radical (unpaired) electrons.